The minimum atomic E-state index is -0.859. The zero-order valence-electron chi connectivity index (χ0n) is 14.7. The molecule has 3 rings (SSSR count). The average Bonchev–Trinajstić information content (AvgIpc) is 3.15. The molecule has 0 aliphatic carbocycles. The number of amides is 2. The average molecular weight is 436 g/mol. The Morgan fingerprint density at radius 3 is 2.59 bits per heavy atom. The van der Waals surface area contributed by atoms with E-state index in [1.807, 2.05) is 6.07 Å². The number of carbonyl (C=O) groups excluding carboxylic acids is 2. The Morgan fingerprint density at radius 1 is 1.03 bits per heavy atom. The highest BCUT2D eigenvalue weighted by Gasteiger charge is 2.12. The molecular formula is C18H14F2N4O3S2. The molecule has 0 aliphatic heterocycles. The molecule has 0 radical (unpaired) electrons. The molecule has 0 saturated carbocycles. The number of ether oxygens (including phenoxy) is 1. The molecule has 0 aliphatic rings. The van der Waals surface area contributed by atoms with E-state index in [9.17, 15) is 18.4 Å². The van der Waals surface area contributed by atoms with Gasteiger partial charge in [-0.25, -0.2) is 8.78 Å². The maximum absolute atomic E-state index is 13.5. The van der Waals surface area contributed by atoms with Gasteiger partial charge in [-0.15, -0.1) is 10.2 Å². The zero-order valence-corrected chi connectivity index (χ0v) is 16.4. The topological polar surface area (TPSA) is 93.2 Å². The van der Waals surface area contributed by atoms with Crippen molar-refractivity contribution >= 4 is 45.7 Å². The molecule has 0 atom stereocenters. The fraction of sp³-hybridized carbons (Fsp3) is 0.111. The van der Waals surface area contributed by atoms with Gasteiger partial charge in [-0.05, 0) is 24.3 Å². The van der Waals surface area contributed by atoms with Crippen LogP contribution < -0.4 is 15.4 Å². The number of aromatic nitrogens is 2. The third kappa shape index (κ3) is 6.50. The fourth-order valence-electron chi connectivity index (χ4n) is 2.04. The summed E-state index contributed by atoms with van der Waals surface area (Å²) in [7, 11) is 0. The minimum absolute atomic E-state index is 0.0590. The van der Waals surface area contributed by atoms with Gasteiger partial charge >= 0.3 is 0 Å². The second-order valence-corrected chi connectivity index (χ2v) is 7.68. The summed E-state index contributed by atoms with van der Waals surface area (Å²) in [6.07, 6.45) is 0. The van der Waals surface area contributed by atoms with Gasteiger partial charge in [0.2, 0.25) is 11.0 Å². The van der Waals surface area contributed by atoms with Gasteiger partial charge in [0, 0.05) is 6.07 Å². The van der Waals surface area contributed by atoms with E-state index in [0.717, 1.165) is 35.2 Å². The Labute approximate surface area is 172 Å². The monoisotopic (exact) mass is 436 g/mol. The molecule has 29 heavy (non-hydrogen) atoms. The first-order valence-corrected chi connectivity index (χ1v) is 9.99. The molecule has 150 valence electrons. The largest absolute Gasteiger partial charge is 0.484 e. The fourth-order valence-corrected chi connectivity index (χ4v) is 3.61. The summed E-state index contributed by atoms with van der Waals surface area (Å²) in [6, 6.07) is 11.8. The van der Waals surface area contributed by atoms with E-state index in [1.165, 1.54) is 0 Å². The molecule has 2 N–H and O–H groups in total. The number of rotatable bonds is 8. The molecule has 7 nitrogen and oxygen atoms in total. The van der Waals surface area contributed by atoms with E-state index in [2.05, 4.69) is 20.8 Å². The van der Waals surface area contributed by atoms with Crippen LogP contribution in [-0.2, 0) is 9.59 Å². The lowest BCUT2D eigenvalue weighted by molar-refractivity contribution is -0.118. The zero-order chi connectivity index (χ0) is 20.6. The first-order chi connectivity index (χ1) is 14.0. The van der Waals surface area contributed by atoms with Crippen LogP contribution in [0.3, 0.4) is 0 Å². The summed E-state index contributed by atoms with van der Waals surface area (Å²) in [5, 5.41) is 12.9. The van der Waals surface area contributed by atoms with Crippen LogP contribution in [0.1, 0.15) is 0 Å². The normalized spacial score (nSPS) is 10.4. The number of nitrogens with one attached hydrogen (secondary N) is 2. The van der Waals surface area contributed by atoms with Crippen molar-refractivity contribution in [1.29, 1.82) is 0 Å². The first-order valence-electron chi connectivity index (χ1n) is 8.18. The molecule has 3 aromatic rings. The number of nitrogens with zero attached hydrogens (tertiary/aromatic N) is 2. The van der Waals surface area contributed by atoms with Gasteiger partial charge in [0.1, 0.15) is 17.4 Å². The van der Waals surface area contributed by atoms with E-state index in [4.69, 9.17) is 4.74 Å². The Balaban J connectivity index is 1.43. The van der Waals surface area contributed by atoms with Gasteiger partial charge in [0.05, 0.1) is 11.4 Å². The van der Waals surface area contributed by atoms with E-state index >= 15 is 0 Å². The number of hydrogen-bond acceptors (Lipinski definition) is 7. The quantitative estimate of drug-likeness (QED) is 0.414. The Hall–Kier alpha value is -3.05. The van der Waals surface area contributed by atoms with Crippen LogP contribution >= 0.6 is 23.1 Å². The van der Waals surface area contributed by atoms with Crippen LogP contribution in [0.2, 0.25) is 0 Å². The number of hydrogen-bond donors (Lipinski definition) is 2. The highest BCUT2D eigenvalue weighted by atomic mass is 32.2. The van der Waals surface area contributed by atoms with E-state index in [1.54, 1.807) is 24.3 Å². The molecule has 0 bridgehead atoms. The smallest absolute Gasteiger partial charge is 0.264 e. The van der Waals surface area contributed by atoms with Crippen LogP contribution in [-0.4, -0.2) is 34.4 Å². The highest BCUT2D eigenvalue weighted by Crippen LogP contribution is 2.26. The maximum Gasteiger partial charge on any atom is 0.264 e. The predicted molar refractivity (Wildman–Crippen MR) is 106 cm³/mol. The van der Waals surface area contributed by atoms with Crippen molar-refractivity contribution in [3.8, 4) is 5.75 Å². The lowest BCUT2D eigenvalue weighted by Gasteiger charge is -2.05. The van der Waals surface area contributed by atoms with Gasteiger partial charge in [0.25, 0.3) is 5.91 Å². The number of carbonyl (C=O) groups is 2. The second-order valence-electron chi connectivity index (χ2n) is 5.48. The number of halogens is 2. The van der Waals surface area contributed by atoms with E-state index in [0.29, 0.717) is 16.2 Å². The predicted octanol–water partition coefficient (Wildman–Crippen LogP) is 3.56. The van der Waals surface area contributed by atoms with E-state index in [-0.39, 0.29) is 23.2 Å². The van der Waals surface area contributed by atoms with Gasteiger partial charge < -0.3 is 10.1 Å². The van der Waals surface area contributed by atoms with Crippen LogP contribution in [0, 0.1) is 11.6 Å². The Bertz CT molecular complexity index is 1000. The first kappa shape index (κ1) is 20.7. The standard InChI is InChI=1S/C18H14F2N4O3S2/c19-11-6-7-14(13(20)8-11)21-16(26)10-28-18-24-23-17(29-18)22-15(25)9-27-12-4-2-1-3-5-12/h1-8H,9-10H2,(H,21,26)(H,22,23,25). The molecule has 1 aromatic heterocycles. The van der Waals surface area contributed by atoms with Crippen LogP contribution in [0.5, 0.6) is 5.75 Å². The summed E-state index contributed by atoms with van der Waals surface area (Å²) >= 11 is 2.15. The Morgan fingerprint density at radius 2 is 1.83 bits per heavy atom. The van der Waals surface area contributed by atoms with Gasteiger partial charge in [0.15, 0.2) is 10.9 Å². The van der Waals surface area contributed by atoms with Gasteiger partial charge in [-0.2, -0.15) is 0 Å². The summed E-state index contributed by atoms with van der Waals surface area (Å²) in [4.78, 5) is 23.8. The number of para-hydroxylation sites is 1. The van der Waals surface area contributed by atoms with Crippen molar-refractivity contribution in [3.05, 3.63) is 60.2 Å². The lowest BCUT2D eigenvalue weighted by atomic mass is 10.3. The molecule has 11 heteroatoms. The van der Waals surface area contributed by atoms with Crippen molar-refractivity contribution in [2.24, 2.45) is 0 Å². The third-order valence-corrected chi connectivity index (χ3v) is 5.27. The van der Waals surface area contributed by atoms with Crippen molar-refractivity contribution in [2.75, 3.05) is 23.0 Å². The Kier molecular flexibility index (Phi) is 7.09. The van der Waals surface area contributed by atoms with Crippen molar-refractivity contribution in [2.45, 2.75) is 4.34 Å². The van der Waals surface area contributed by atoms with Gasteiger partial charge in [-0.3, -0.25) is 14.9 Å². The molecule has 0 fully saturated rings. The molecule has 2 amide bonds. The minimum Gasteiger partial charge on any atom is -0.484 e. The third-order valence-electron chi connectivity index (χ3n) is 3.30. The van der Waals surface area contributed by atoms with Crippen molar-refractivity contribution < 1.29 is 23.1 Å². The maximum atomic E-state index is 13.5. The summed E-state index contributed by atoms with van der Waals surface area (Å²) < 4.78 is 32.2. The lowest BCUT2D eigenvalue weighted by Crippen LogP contribution is -2.20. The molecule has 0 saturated heterocycles. The van der Waals surface area contributed by atoms with Crippen LogP contribution in [0.4, 0.5) is 19.6 Å². The van der Waals surface area contributed by atoms with Crippen LogP contribution in [0.25, 0.3) is 0 Å². The summed E-state index contributed by atoms with van der Waals surface area (Å²) in [6.45, 7) is -0.183. The number of anilines is 2. The summed E-state index contributed by atoms with van der Waals surface area (Å²) in [5.74, 6) is -1.96. The molecule has 0 spiro atoms. The molecule has 0 unspecified atom stereocenters. The molecular weight excluding hydrogens is 422 g/mol. The summed E-state index contributed by atoms with van der Waals surface area (Å²) in [5.41, 5.74) is -0.111. The van der Waals surface area contributed by atoms with E-state index < -0.39 is 23.4 Å². The molecule has 2 aromatic carbocycles. The van der Waals surface area contributed by atoms with Crippen molar-refractivity contribution in [3.63, 3.8) is 0 Å². The molecule has 1 heterocycles. The SMILES string of the molecule is O=C(COc1ccccc1)Nc1nnc(SCC(=O)Nc2ccc(F)cc2F)s1. The number of benzene rings is 2. The van der Waals surface area contributed by atoms with Gasteiger partial charge in [-0.1, -0.05) is 41.3 Å². The van der Waals surface area contributed by atoms with Crippen molar-refractivity contribution in [1.82, 2.24) is 10.2 Å². The second kappa shape index (κ2) is 9.94. The highest BCUT2D eigenvalue weighted by molar-refractivity contribution is 8.01. The number of thioether (sulfide) groups is 1. The van der Waals surface area contributed by atoms with Crippen LogP contribution in [0.15, 0.2) is 52.9 Å².